The average Bonchev–Trinajstić information content (AvgIpc) is 2.39. The van der Waals surface area contributed by atoms with Crippen molar-refractivity contribution in [1.29, 1.82) is 0 Å². The van der Waals surface area contributed by atoms with Crippen LogP contribution in [0.5, 0.6) is 0 Å². The Morgan fingerprint density at radius 1 is 1.21 bits per heavy atom. The lowest BCUT2D eigenvalue weighted by atomic mass is 10.1. The van der Waals surface area contributed by atoms with Crippen LogP contribution in [-0.2, 0) is 16.0 Å². The summed E-state index contributed by atoms with van der Waals surface area (Å²) in [6.07, 6.45) is 1.19. The van der Waals surface area contributed by atoms with Crippen LogP contribution in [0.4, 0.5) is 0 Å². The normalized spacial score (nSPS) is 11.7. The van der Waals surface area contributed by atoms with Gasteiger partial charge in [-0.2, -0.15) is 0 Å². The molecule has 1 rings (SSSR count). The van der Waals surface area contributed by atoms with E-state index < -0.39 is 0 Å². The molecule has 0 spiro atoms. The van der Waals surface area contributed by atoms with Crippen molar-refractivity contribution in [2.45, 2.75) is 39.7 Å². The van der Waals surface area contributed by atoms with Gasteiger partial charge in [0.15, 0.2) is 0 Å². The molecule has 0 aliphatic carbocycles. The van der Waals surface area contributed by atoms with Crippen LogP contribution >= 0.6 is 0 Å². The zero-order valence-corrected chi connectivity index (χ0v) is 11.8. The lowest BCUT2D eigenvalue weighted by Crippen LogP contribution is -2.41. The summed E-state index contributed by atoms with van der Waals surface area (Å²) < 4.78 is 0. The molecule has 4 heteroatoms. The Morgan fingerprint density at radius 3 is 2.53 bits per heavy atom. The Bertz CT molecular complexity index is 444. The van der Waals surface area contributed by atoms with Crippen LogP contribution in [0.1, 0.15) is 31.4 Å². The molecule has 0 aromatic heterocycles. The molecular formula is C15H22N2O2. The number of rotatable bonds is 6. The standard InChI is InChI=1S/C15H22N2O2/c1-4-12(3)17-15(19)10-16-14(18)9-13-8-6-5-7-11(13)2/h5-8,12H,4,9-10H2,1-3H3,(H,16,18)(H,17,19). The fraction of sp³-hybridized carbons (Fsp3) is 0.467. The summed E-state index contributed by atoms with van der Waals surface area (Å²) in [6, 6.07) is 7.88. The van der Waals surface area contributed by atoms with Crippen LogP contribution in [0.2, 0.25) is 0 Å². The van der Waals surface area contributed by atoms with Gasteiger partial charge in [-0.05, 0) is 31.4 Å². The third-order valence-corrected chi connectivity index (χ3v) is 3.08. The first-order valence-electron chi connectivity index (χ1n) is 6.63. The molecule has 0 radical (unpaired) electrons. The summed E-state index contributed by atoms with van der Waals surface area (Å²) in [5.41, 5.74) is 2.07. The van der Waals surface area contributed by atoms with E-state index in [2.05, 4.69) is 10.6 Å². The predicted octanol–water partition coefficient (Wildman–Crippen LogP) is 1.57. The molecule has 1 atom stereocenters. The van der Waals surface area contributed by atoms with Crippen molar-refractivity contribution in [2.24, 2.45) is 0 Å². The SMILES string of the molecule is CCC(C)NC(=O)CNC(=O)Cc1ccccc1C. The molecule has 0 aliphatic rings. The molecule has 0 fully saturated rings. The lowest BCUT2D eigenvalue weighted by Gasteiger charge is -2.12. The van der Waals surface area contributed by atoms with E-state index >= 15 is 0 Å². The van der Waals surface area contributed by atoms with Crippen LogP contribution < -0.4 is 10.6 Å². The van der Waals surface area contributed by atoms with Crippen LogP contribution in [0.25, 0.3) is 0 Å². The van der Waals surface area contributed by atoms with E-state index in [1.807, 2.05) is 45.0 Å². The lowest BCUT2D eigenvalue weighted by molar-refractivity contribution is -0.126. The quantitative estimate of drug-likeness (QED) is 0.817. The number of benzene rings is 1. The Hall–Kier alpha value is -1.84. The monoisotopic (exact) mass is 262 g/mol. The topological polar surface area (TPSA) is 58.2 Å². The van der Waals surface area contributed by atoms with Crippen LogP contribution in [-0.4, -0.2) is 24.4 Å². The maximum Gasteiger partial charge on any atom is 0.239 e. The maximum absolute atomic E-state index is 11.7. The summed E-state index contributed by atoms with van der Waals surface area (Å²) >= 11 is 0. The molecule has 1 aromatic rings. The second-order valence-corrected chi connectivity index (χ2v) is 4.76. The fourth-order valence-electron chi connectivity index (χ4n) is 1.65. The molecule has 2 N–H and O–H groups in total. The summed E-state index contributed by atoms with van der Waals surface area (Å²) in [5, 5.41) is 5.44. The summed E-state index contributed by atoms with van der Waals surface area (Å²) in [7, 11) is 0. The molecule has 1 unspecified atom stereocenters. The van der Waals surface area contributed by atoms with Gasteiger partial charge in [0.25, 0.3) is 0 Å². The van der Waals surface area contributed by atoms with Crippen LogP contribution in [0, 0.1) is 6.92 Å². The number of aryl methyl sites for hydroxylation is 1. The van der Waals surface area contributed by atoms with Crippen molar-refractivity contribution in [3.63, 3.8) is 0 Å². The maximum atomic E-state index is 11.7. The molecule has 0 aliphatic heterocycles. The van der Waals surface area contributed by atoms with E-state index in [4.69, 9.17) is 0 Å². The van der Waals surface area contributed by atoms with E-state index in [0.717, 1.165) is 17.5 Å². The Kier molecular flexibility index (Phi) is 6.06. The van der Waals surface area contributed by atoms with Gasteiger partial charge in [0.1, 0.15) is 0 Å². The van der Waals surface area contributed by atoms with Crippen molar-refractivity contribution < 1.29 is 9.59 Å². The molecule has 0 saturated heterocycles. The third-order valence-electron chi connectivity index (χ3n) is 3.08. The fourth-order valence-corrected chi connectivity index (χ4v) is 1.65. The Labute approximate surface area is 114 Å². The first-order chi connectivity index (χ1) is 9.02. The number of hydrogen-bond donors (Lipinski definition) is 2. The number of carbonyl (C=O) groups is 2. The highest BCUT2D eigenvalue weighted by Crippen LogP contribution is 2.07. The highest BCUT2D eigenvalue weighted by atomic mass is 16.2. The molecule has 1 aromatic carbocycles. The van der Waals surface area contributed by atoms with Gasteiger partial charge in [-0.3, -0.25) is 9.59 Å². The smallest absolute Gasteiger partial charge is 0.239 e. The molecular weight excluding hydrogens is 240 g/mol. The van der Waals surface area contributed by atoms with Gasteiger partial charge < -0.3 is 10.6 Å². The highest BCUT2D eigenvalue weighted by molar-refractivity contribution is 5.85. The number of hydrogen-bond acceptors (Lipinski definition) is 2. The molecule has 4 nitrogen and oxygen atoms in total. The number of amides is 2. The van der Waals surface area contributed by atoms with Gasteiger partial charge in [0.05, 0.1) is 13.0 Å². The average molecular weight is 262 g/mol. The van der Waals surface area contributed by atoms with Crippen LogP contribution in [0.15, 0.2) is 24.3 Å². The van der Waals surface area contributed by atoms with E-state index in [-0.39, 0.29) is 24.4 Å². The van der Waals surface area contributed by atoms with Gasteiger partial charge in [0, 0.05) is 6.04 Å². The van der Waals surface area contributed by atoms with Gasteiger partial charge in [0.2, 0.25) is 11.8 Å². The van der Waals surface area contributed by atoms with Gasteiger partial charge in [-0.15, -0.1) is 0 Å². The number of carbonyl (C=O) groups excluding carboxylic acids is 2. The first-order valence-corrected chi connectivity index (χ1v) is 6.63. The summed E-state index contributed by atoms with van der Waals surface area (Å²) in [6.45, 7) is 5.95. The molecule has 2 amide bonds. The number of nitrogens with one attached hydrogen (secondary N) is 2. The van der Waals surface area contributed by atoms with Crippen molar-refractivity contribution in [3.05, 3.63) is 35.4 Å². The summed E-state index contributed by atoms with van der Waals surface area (Å²) in [5.74, 6) is -0.277. The Balaban J connectivity index is 2.36. The zero-order valence-electron chi connectivity index (χ0n) is 11.8. The Morgan fingerprint density at radius 2 is 1.89 bits per heavy atom. The van der Waals surface area contributed by atoms with Gasteiger partial charge >= 0.3 is 0 Å². The summed E-state index contributed by atoms with van der Waals surface area (Å²) in [4.78, 5) is 23.2. The zero-order chi connectivity index (χ0) is 14.3. The minimum absolute atomic E-state index is 0.0368. The molecule has 0 heterocycles. The second kappa shape index (κ2) is 7.56. The van der Waals surface area contributed by atoms with Crippen molar-refractivity contribution in [2.75, 3.05) is 6.54 Å². The second-order valence-electron chi connectivity index (χ2n) is 4.76. The van der Waals surface area contributed by atoms with Gasteiger partial charge in [-0.1, -0.05) is 31.2 Å². The van der Waals surface area contributed by atoms with E-state index in [9.17, 15) is 9.59 Å². The molecule has 19 heavy (non-hydrogen) atoms. The predicted molar refractivity (Wildman–Crippen MR) is 75.8 cm³/mol. The van der Waals surface area contributed by atoms with Crippen molar-refractivity contribution in [1.82, 2.24) is 10.6 Å². The van der Waals surface area contributed by atoms with Crippen molar-refractivity contribution >= 4 is 11.8 Å². The van der Waals surface area contributed by atoms with Crippen molar-refractivity contribution in [3.8, 4) is 0 Å². The first kappa shape index (κ1) is 15.2. The molecule has 0 saturated carbocycles. The van der Waals surface area contributed by atoms with Crippen LogP contribution in [0.3, 0.4) is 0 Å². The minimum Gasteiger partial charge on any atom is -0.352 e. The van der Waals surface area contributed by atoms with E-state index in [1.54, 1.807) is 0 Å². The third kappa shape index (κ3) is 5.55. The van der Waals surface area contributed by atoms with E-state index in [1.165, 1.54) is 0 Å². The minimum atomic E-state index is -0.146. The van der Waals surface area contributed by atoms with E-state index in [0.29, 0.717) is 6.42 Å². The molecule has 0 bridgehead atoms. The largest absolute Gasteiger partial charge is 0.352 e. The molecule has 104 valence electrons. The van der Waals surface area contributed by atoms with Gasteiger partial charge in [-0.25, -0.2) is 0 Å². The highest BCUT2D eigenvalue weighted by Gasteiger charge is 2.09.